The second-order valence-electron chi connectivity index (χ2n) is 4.98. The highest BCUT2D eigenvalue weighted by atomic mass is 15.1. The minimum absolute atomic E-state index is 0.702. The zero-order chi connectivity index (χ0) is 11.5. The Hall–Kier alpha value is -1.02. The van der Waals surface area contributed by atoms with Crippen LogP contribution in [0.2, 0.25) is 0 Å². The number of anilines is 1. The number of hydrogen-bond acceptors (Lipinski definition) is 2. The molecule has 0 amide bonds. The average Bonchev–Trinajstić information content (AvgIpc) is 2.30. The first kappa shape index (κ1) is 11.5. The van der Waals surface area contributed by atoms with Crippen LogP contribution in [0, 0.1) is 6.92 Å². The maximum Gasteiger partial charge on any atom is 0.0393 e. The van der Waals surface area contributed by atoms with Crippen molar-refractivity contribution in [1.82, 2.24) is 5.32 Å². The number of nitrogens with one attached hydrogen (secondary N) is 1. The van der Waals surface area contributed by atoms with Crippen LogP contribution >= 0.6 is 0 Å². The van der Waals surface area contributed by atoms with E-state index in [1.165, 1.54) is 36.2 Å². The topological polar surface area (TPSA) is 15.3 Å². The molecule has 0 aliphatic carbocycles. The molecule has 1 N–H and O–H groups in total. The van der Waals surface area contributed by atoms with E-state index in [1.807, 2.05) is 0 Å². The van der Waals surface area contributed by atoms with E-state index in [0.717, 1.165) is 6.54 Å². The van der Waals surface area contributed by atoms with Gasteiger partial charge in [0.05, 0.1) is 0 Å². The van der Waals surface area contributed by atoms with Crippen molar-refractivity contribution in [2.75, 3.05) is 32.1 Å². The zero-order valence-corrected chi connectivity index (χ0v) is 10.6. The fourth-order valence-electron chi connectivity index (χ4n) is 2.50. The number of aryl methyl sites for hydroxylation is 1. The summed E-state index contributed by atoms with van der Waals surface area (Å²) in [5, 5.41) is 3.48. The Morgan fingerprint density at radius 1 is 1.31 bits per heavy atom. The third kappa shape index (κ3) is 2.38. The van der Waals surface area contributed by atoms with Crippen LogP contribution in [0.3, 0.4) is 0 Å². The summed E-state index contributed by atoms with van der Waals surface area (Å²) >= 11 is 0. The zero-order valence-electron chi connectivity index (χ0n) is 10.6. The molecule has 2 nitrogen and oxygen atoms in total. The van der Waals surface area contributed by atoms with Crippen LogP contribution in [-0.4, -0.2) is 27.2 Å². The first-order chi connectivity index (χ1) is 7.68. The number of rotatable bonds is 2. The van der Waals surface area contributed by atoms with Gasteiger partial charge in [0.2, 0.25) is 0 Å². The van der Waals surface area contributed by atoms with Crippen molar-refractivity contribution in [1.29, 1.82) is 0 Å². The van der Waals surface area contributed by atoms with E-state index in [4.69, 9.17) is 0 Å². The first-order valence-electron chi connectivity index (χ1n) is 6.17. The lowest BCUT2D eigenvalue weighted by atomic mass is 9.90. The lowest BCUT2D eigenvalue weighted by Gasteiger charge is -2.25. The number of hydrogen-bond donors (Lipinski definition) is 1. The normalized spacial score (nSPS) is 20.8. The number of nitrogens with zero attached hydrogens (tertiary/aromatic N) is 1. The van der Waals surface area contributed by atoms with Crippen LogP contribution in [0.5, 0.6) is 0 Å². The van der Waals surface area contributed by atoms with E-state index in [1.54, 1.807) is 0 Å². The molecule has 1 unspecified atom stereocenters. The van der Waals surface area contributed by atoms with Crippen molar-refractivity contribution < 1.29 is 0 Å². The lowest BCUT2D eigenvalue weighted by molar-refractivity contribution is 0.461. The highest BCUT2D eigenvalue weighted by molar-refractivity contribution is 5.54. The molecule has 1 aliphatic rings. The minimum atomic E-state index is 0.702. The SMILES string of the molecule is Cc1ccc(C2CCCNC2)cc1N(C)C. The molecule has 1 fully saturated rings. The molecule has 0 radical (unpaired) electrons. The predicted molar refractivity (Wildman–Crippen MR) is 70.4 cm³/mol. The van der Waals surface area contributed by atoms with Crippen molar-refractivity contribution in [2.45, 2.75) is 25.7 Å². The van der Waals surface area contributed by atoms with Crippen molar-refractivity contribution in [3.63, 3.8) is 0 Å². The molecule has 0 spiro atoms. The summed E-state index contributed by atoms with van der Waals surface area (Å²) in [5.74, 6) is 0.702. The summed E-state index contributed by atoms with van der Waals surface area (Å²) in [6.45, 7) is 4.50. The molecule has 0 saturated carbocycles. The smallest absolute Gasteiger partial charge is 0.0393 e. The largest absolute Gasteiger partial charge is 0.377 e. The Kier molecular flexibility index (Phi) is 3.49. The summed E-state index contributed by atoms with van der Waals surface area (Å²) in [6.07, 6.45) is 2.62. The van der Waals surface area contributed by atoms with Crippen LogP contribution in [-0.2, 0) is 0 Å². The molecular formula is C14H22N2. The fraction of sp³-hybridized carbons (Fsp3) is 0.571. The van der Waals surface area contributed by atoms with E-state index >= 15 is 0 Å². The van der Waals surface area contributed by atoms with Gasteiger partial charge in [-0.15, -0.1) is 0 Å². The Morgan fingerprint density at radius 2 is 2.12 bits per heavy atom. The van der Waals surface area contributed by atoms with Crippen LogP contribution in [0.1, 0.15) is 29.9 Å². The summed E-state index contributed by atoms with van der Waals surface area (Å²) < 4.78 is 0. The highest BCUT2D eigenvalue weighted by Crippen LogP contribution is 2.28. The van der Waals surface area contributed by atoms with Gasteiger partial charge in [-0.2, -0.15) is 0 Å². The van der Waals surface area contributed by atoms with Crippen LogP contribution in [0.4, 0.5) is 5.69 Å². The minimum Gasteiger partial charge on any atom is -0.377 e. The monoisotopic (exact) mass is 218 g/mol. The lowest BCUT2D eigenvalue weighted by Crippen LogP contribution is -2.28. The van der Waals surface area contributed by atoms with Gasteiger partial charge >= 0.3 is 0 Å². The van der Waals surface area contributed by atoms with E-state index in [0.29, 0.717) is 5.92 Å². The second-order valence-corrected chi connectivity index (χ2v) is 4.98. The van der Waals surface area contributed by atoms with E-state index in [2.05, 4.69) is 49.4 Å². The quantitative estimate of drug-likeness (QED) is 0.820. The average molecular weight is 218 g/mol. The first-order valence-corrected chi connectivity index (χ1v) is 6.17. The standard InChI is InChI=1S/C14H22N2/c1-11-6-7-12(9-14(11)16(2)3)13-5-4-8-15-10-13/h6-7,9,13,15H,4-5,8,10H2,1-3H3. The number of piperidine rings is 1. The van der Waals surface area contributed by atoms with Crippen molar-refractivity contribution in [2.24, 2.45) is 0 Å². The van der Waals surface area contributed by atoms with Crippen LogP contribution in [0.15, 0.2) is 18.2 Å². The summed E-state index contributed by atoms with van der Waals surface area (Å²) in [7, 11) is 4.23. The Morgan fingerprint density at radius 3 is 2.75 bits per heavy atom. The third-order valence-electron chi connectivity index (χ3n) is 3.48. The van der Waals surface area contributed by atoms with Crippen molar-refractivity contribution in [3.05, 3.63) is 29.3 Å². The van der Waals surface area contributed by atoms with Gasteiger partial charge < -0.3 is 10.2 Å². The van der Waals surface area contributed by atoms with Crippen molar-refractivity contribution >= 4 is 5.69 Å². The molecule has 1 atom stereocenters. The van der Waals surface area contributed by atoms with Gasteiger partial charge in [-0.1, -0.05) is 12.1 Å². The molecule has 1 aromatic carbocycles. The van der Waals surface area contributed by atoms with Gasteiger partial charge in [0.25, 0.3) is 0 Å². The number of benzene rings is 1. The second kappa shape index (κ2) is 4.88. The summed E-state index contributed by atoms with van der Waals surface area (Å²) in [6, 6.07) is 6.90. The molecule has 2 rings (SSSR count). The molecule has 1 saturated heterocycles. The Labute approximate surface area is 98.7 Å². The van der Waals surface area contributed by atoms with E-state index in [9.17, 15) is 0 Å². The third-order valence-corrected chi connectivity index (χ3v) is 3.48. The maximum atomic E-state index is 3.48. The molecule has 0 aromatic heterocycles. The van der Waals surface area contributed by atoms with Gasteiger partial charge in [0, 0.05) is 26.3 Å². The molecule has 1 aromatic rings. The summed E-state index contributed by atoms with van der Waals surface area (Å²) in [4.78, 5) is 2.20. The van der Waals surface area contributed by atoms with Crippen LogP contribution in [0.25, 0.3) is 0 Å². The van der Waals surface area contributed by atoms with Gasteiger partial charge in [-0.05, 0) is 49.4 Å². The molecule has 1 heterocycles. The molecular weight excluding hydrogens is 196 g/mol. The van der Waals surface area contributed by atoms with Gasteiger partial charge in [0.1, 0.15) is 0 Å². The molecule has 1 aliphatic heterocycles. The predicted octanol–water partition coefficient (Wildman–Crippen LogP) is 2.53. The van der Waals surface area contributed by atoms with Gasteiger partial charge in [-0.25, -0.2) is 0 Å². The molecule has 88 valence electrons. The van der Waals surface area contributed by atoms with Gasteiger partial charge in [-0.3, -0.25) is 0 Å². The highest BCUT2D eigenvalue weighted by Gasteiger charge is 2.16. The Balaban J connectivity index is 2.24. The molecule has 2 heteroatoms. The van der Waals surface area contributed by atoms with E-state index in [-0.39, 0.29) is 0 Å². The van der Waals surface area contributed by atoms with Gasteiger partial charge in [0.15, 0.2) is 0 Å². The van der Waals surface area contributed by atoms with E-state index < -0.39 is 0 Å². The fourth-order valence-corrected chi connectivity index (χ4v) is 2.50. The molecule has 0 bridgehead atoms. The molecule has 16 heavy (non-hydrogen) atoms. The van der Waals surface area contributed by atoms with Crippen molar-refractivity contribution in [3.8, 4) is 0 Å². The Bertz CT molecular complexity index is 352. The summed E-state index contributed by atoms with van der Waals surface area (Å²) in [5.41, 5.74) is 4.20. The van der Waals surface area contributed by atoms with Crippen LogP contribution < -0.4 is 10.2 Å². The maximum absolute atomic E-state index is 3.48.